The minimum absolute atomic E-state index is 0.404. The Morgan fingerprint density at radius 1 is 1.27 bits per heavy atom. The number of para-hydroxylation sites is 1. The second kappa shape index (κ2) is 5.71. The van der Waals surface area contributed by atoms with Crippen molar-refractivity contribution in [2.45, 2.75) is 39.7 Å². The molecule has 0 aromatic heterocycles. The predicted molar refractivity (Wildman–Crippen MR) is 59.6 cm³/mol. The highest BCUT2D eigenvalue weighted by atomic mass is 19.1. The van der Waals surface area contributed by atoms with Gasteiger partial charge in [-0.15, -0.1) is 0 Å². The summed E-state index contributed by atoms with van der Waals surface area (Å²) >= 11 is 0. The zero-order chi connectivity index (χ0) is 11.3. The Hall–Kier alpha value is -1.09. The van der Waals surface area contributed by atoms with Crippen LogP contribution in [0, 0.1) is 0 Å². The molecule has 1 aromatic rings. The summed E-state index contributed by atoms with van der Waals surface area (Å²) in [6.07, 6.45) is -1.27. The smallest absolute Gasteiger partial charge is 0.235 e. The normalized spacial score (nSPS) is 12.9. The van der Waals surface area contributed by atoms with Gasteiger partial charge in [-0.2, -0.15) is 0 Å². The molecule has 2 nitrogen and oxygen atoms in total. The van der Waals surface area contributed by atoms with Crippen LogP contribution in [0.15, 0.2) is 24.3 Å². The zero-order valence-electron chi connectivity index (χ0n) is 9.46. The summed E-state index contributed by atoms with van der Waals surface area (Å²) in [5, 5.41) is 3.27. The molecular formula is C12H18FNO. The van der Waals surface area contributed by atoms with E-state index in [1.807, 2.05) is 18.2 Å². The zero-order valence-corrected chi connectivity index (χ0v) is 9.46. The highest BCUT2D eigenvalue weighted by molar-refractivity contribution is 5.33. The van der Waals surface area contributed by atoms with Crippen LogP contribution in [-0.4, -0.2) is 12.4 Å². The van der Waals surface area contributed by atoms with Crippen molar-refractivity contribution in [3.63, 3.8) is 0 Å². The van der Waals surface area contributed by atoms with Gasteiger partial charge in [0.1, 0.15) is 5.75 Å². The number of ether oxygens (including phenoxy) is 1. The van der Waals surface area contributed by atoms with Crippen LogP contribution in [0.4, 0.5) is 4.39 Å². The summed E-state index contributed by atoms with van der Waals surface area (Å²) in [6.45, 7) is 6.22. The first-order chi connectivity index (χ1) is 7.09. The van der Waals surface area contributed by atoms with E-state index < -0.39 is 6.36 Å². The van der Waals surface area contributed by atoms with Crippen molar-refractivity contribution in [3.05, 3.63) is 29.8 Å². The van der Waals surface area contributed by atoms with Gasteiger partial charge in [0.15, 0.2) is 0 Å². The van der Waals surface area contributed by atoms with Crippen LogP contribution in [0.1, 0.15) is 26.3 Å². The average Bonchev–Trinajstić information content (AvgIpc) is 2.15. The molecule has 1 unspecified atom stereocenters. The fraction of sp³-hybridized carbons (Fsp3) is 0.500. The molecule has 15 heavy (non-hydrogen) atoms. The standard InChI is InChI=1S/C12H18FNO/c1-9(2)14-8-11-6-4-5-7-12(11)15-10(3)13/h4-7,9-10,14H,8H2,1-3H3. The van der Waals surface area contributed by atoms with Crippen LogP contribution in [0.2, 0.25) is 0 Å². The van der Waals surface area contributed by atoms with E-state index >= 15 is 0 Å². The number of rotatable bonds is 5. The summed E-state index contributed by atoms with van der Waals surface area (Å²) in [4.78, 5) is 0. The lowest BCUT2D eigenvalue weighted by Crippen LogP contribution is -2.22. The van der Waals surface area contributed by atoms with Gasteiger partial charge in [0, 0.05) is 25.1 Å². The largest absolute Gasteiger partial charge is 0.460 e. The molecule has 0 spiro atoms. The molecule has 0 heterocycles. The number of halogens is 1. The summed E-state index contributed by atoms with van der Waals surface area (Å²) in [7, 11) is 0. The fourth-order valence-electron chi connectivity index (χ4n) is 1.25. The molecule has 0 aliphatic rings. The Morgan fingerprint density at radius 2 is 1.93 bits per heavy atom. The third-order valence-electron chi connectivity index (χ3n) is 1.96. The fourth-order valence-corrected chi connectivity index (χ4v) is 1.25. The number of alkyl halides is 1. The van der Waals surface area contributed by atoms with E-state index in [2.05, 4.69) is 19.2 Å². The Balaban J connectivity index is 2.68. The topological polar surface area (TPSA) is 21.3 Å². The molecule has 84 valence electrons. The Morgan fingerprint density at radius 3 is 2.53 bits per heavy atom. The van der Waals surface area contributed by atoms with Crippen LogP contribution in [-0.2, 0) is 6.54 Å². The second-order valence-corrected chi connectivity index (χ2v) is 3.80. The van der Waals surface area contributed by atoms with Crippen molar-refractivity contribution in [2.24, 2.45) is 0 Å². The van der Waals surface area contributed by atoms with E-state index in [4.69, 9.17) is 4.74 Å². The van der Waals surface area contributed by atoms with Crippen molar-refractivity contribution in [1.82, 2.24) is 5.32 Å². The molecule has 0 saturated carbocycles. The van der Waals surface area contributed by atoms with Crippen molar-refractivity contribution in [1.29, 1.82) is 0 Å². The number of nitrogens with one attached hydrogen (secondary N) is 1. The van der Waals surface area contributed by atoms with E-state index in [0.29, 0.717) is 18.3 Å². The molecule has 1 N–H and O–H groups in total. The van der Waals surface area contributed by atoms with Crippen molar-refractivity contribution >= 4 is 0 Å². The molecule has 0 amide bonds. The molecule has 0 fully saturated rings. The Labute approximate surface area is 90.4 Å². The highest BCUT2D eigenvalue weighted by Gasteiger charge is 2.06. The van der Waals surface area contributed by atoms with E-state index in [0.717, 1.165) is 5.56 Å². The lowest BCUT2D eigenvalue weighted by atomic mass is 10.2. The minimum atomic E-state index is -1.27. The molecule has 3 heteroatoms. The van der Waals surface area contributed by atoms with Gasteiger partial charge in [-0.05, 0) is 6.07 Å². The van der Waals surface area contributed by atoms with Crippen LogP contribution < -0.4 is 10.1 Å². The Bertz CT molecular complexity index is 299. The summed E-state index contributed by atoms with van der Waals surface area (Å²) in [6, 6.07) is 7.89. The predicted octanol–water partition coefficient (Wildman–Crippen LogP) is 2.88. The van der Waals surface area contributed by atoms with Gasteiger partial charge in [0.05, 0.1) is 0 Å². The van der Waals surface area contributed by atoms with Gasteiger partial charge in [0.2, 0.25) is 6.36 Å². The first-order valence-corrected chi connectivity index (χ1v) is 5.21. The number of benzene rings is 1. The highest BCUT2D eigenvalue weighted by Crippen LogP contribution is 2.19. The molecular weight excluding hydrogens is 193 g/mol. The number of hydrogen-bond acceptors (Lipinski definition) is 2. The van der Waals surface area contributed by atoms with E-state index in [-0.39, 0.29) is 0 Å². The van der Waals surface area contributed by atoms with Gasteiger partial charge in [-0.25, -0.2) is 4.39 Å². The molecule has 0 aliphatic carbocycles. The Kier molecular flexibility index (Phi) is 4.56. The van der Waals surface area contributed by atoms with Gasteiger partial charge < -0.3 is 10.1 Å². The van der Waals surface area contributed by atoms with Gasteiger partial charge in [-0.3, -0.25) is 0 Å². The maximum atomic E-state index is 12.7. The number of hydrogen-bond donors (Lipinski definition) is 1. The van der Waals surface area contributed by atoms with Crippen molar-refractivity contribution < 1.29 is 9.13 Å². The SMILES string of the molecule is CC(C)NCc1ccccc1OC(C)F. The van der Waals surface area contributed by atoms with Crippen molar-refractivity contribution in [3.8, 4) is 5.75 Å². The van der Waals surface area contributed by atoms with E-state index in [9.17, 15) is 4.39 Å². The van der Waals surface area contributed by atoms with Crippen LogP contribution in [0.3, 0.4) is 0 Å². The maximum absolute atomic E-state index is 12.7. The van der Waals surface area contributed by atoms with Crippen LogP contribution in [0.5, 0.6) is 5.75 Å². The molecule has 1 atom stereocenters. The second-order valence-electron chi connectivity index (χ2n) is 3.80. The first kappa shape index (κ1) is 12.0. The molecule has 0 saturated heterocycles. The molecule has 1 rings (SSSR count). The van der Waals surface area contributed by atoms with E-state index in [1.165, 1.54) is 6.92 Å². The molecule has 1 aromatic carbocycles. The first-order valence-electron chi connectivity index (χ1n) is 5.21. The monoisotopic (exact) mass is 211 g/mol. The quantitative estimate of drug-likeness (QED) is 0.808. The van der Waals surface area contributed by atoms with Crippen LogP contribution in [0.25, 0.3) is 0 Å². The van der Waals surface area contributed by atoms with Gasteiger partial charge >= 0.3 is 0 Å². The summed E-state index contributed by atoms with van der Waals surface area (Å²) < 4.78 is 17.8. The van der Waals surface area contributed by atoms with Gasteiger partial charge in [0.25, 0.3) is 0 Å². The van der Waals surface area contributed by atoms with Crippen molar-refractivity contribution in [2.75, 3.05) is 0 Å². The minimum Gasteiger partial charge on any atom is -0.460 e. The molecule has 0 radical (unpaired) electrons. The maximum Gasteiger partial charge on any atom is 0.235 e. The third-order valence-corrected chi connectivity index (χ3v) is 1.96. The molecule has 0 bridgehead atoms. The lowest BCUT2D eigenvalue weighted by molar-refractivity contribution is 0.0848. The average molecular weight is 211 g/mol. The summed E-state index contributed by atoms with van der Waals surface area (Å²) in [5.74, 6) is 0.612. The van der Waals surface area contributed by atoms with Crippen LogP contribution >= 0.6 is 0 Å². The molecule has 0 aliphatic heterocycles. The van der Waals surface area contributed by atoms with Gasteiger partial charge in [-0.1, -0.05) is 32.0 Å². The van der Waals surface area contributed by atoms with E-state index in [1.54, 1.807) is 6.07 Å². The summed E-state index contributed by atoms with van der Waals surface area (Å²) in [5.41, 5.74) is 0.982. The third kappa shape index (κ3) is 4.30. The lowest BCUT2D eigenvalue weighted by Gasteiger charge is -2.14.